The fraction of sp³-hybridized carbons (Fsp3) is 0.471. The molecule has 3 heterocycles. The highest BCUT2D eigenvalue weighted by Crippen LogP contribution is 2.26. The summed E-state index contributed by atoms with van der Waals surface area (Å²) in [6, 6.07) is 3.41. The Bertz CT molecular complexity index is 796. The maximum absolute atomic E-state index is 12.7. The number of rotatable bonds is 3. The molecule has 24 heavy (non-hydrogen) atoms. The standard InChI is InChI=1S/C17H21N3O3S/c1-10(2)15-6-12(9-24-15)17(22)20-4-5-23-14(8-20)13-7-16(21)19-11(3)18-13/h6-7,9-10,14H,4-5,8H2,1-3H3,(H,18,19,21). The molecular formula is C17H21N3O3S. The van der Waals surface area contributed by atoms with E-state index in [2.05, 4.69) is 23.8 Å². The van der Waals surface area contributed by atoms with Crippen LogP contribution in [-0.4, -0.2) is 40.5 Å². The van der Waals surface area contributed by atoms with Crippen LogP contribution in [0.5, 0.6) is 0 Å². The second-order valence-corrected chi connectivity index (χ2v) is 7.20. The number of H-pyrrole nitrogens is 1. The topological polar surface area (TPSA) is 75.3 Å². The molecule has 3 rings (SSSR count). The lowest BCUT2D eigenvalue weighted by Crippen LogP contribution is -2.42. The first kappa shape index (κ1) is 16.9. The number of thiophene rings is 1. The molecule has 0 aliphatic carbocycles. The first-order chi connectivity index (χ1) is 11.4. The van der Waals surface area contributed by atoms with Crippen LogP contribution in [0, 0.1) is 6.92 Å². The Morgan fingerprint density at radius 2 is 2.25 bits per heavy atom. The molecule has 0 aromatic carbocycles. The average molecular weight is 347 g/mol. The molecule has 0 saturated carbocycles. The molecule has 0 spiro atoms. The quantitative estimate of drug-likeness (QED) is 0.925. The Morgan fingerprint density at radius 1 is 1.46 bits per heavy atom. The van der Waals surface area contributed by atoms with Crippen molar-refractivity contribution in [1.82, 2.24) is 14.9 Å². The minimum absolute atomic E-state index is 0.00742. The molecule has 7 heteroatoms. The molecule has 128 valence electrons. The summed E-state index contributed by atoms with van der Waals surface area (Å²) in [6.45, 7) is 7.35. The van der Waals surface area contributed by atoms with E-state index >= 15 is 0 Å². The van der Waals surface area contributed by atoms with Crippen molar-refractivity contribution in [1.29, 1.82) is 0 Å². The summed E-state index contributed by atoms with van der Waals surface area (Å²) in [4.78, 5) is 34.3. The Labute approximate surface area is 144 Å². The number of nitrogens with zero attached hydrogens (tertiary/aromatic N) is 2. The molecular weight excluding hydrogens is 326 g/mol. The normalized spacial score (nSPS) is 18.2. The van der Waals surface area contributed by atoms with Gasteiger partial charge in [-0.1, -0.05) is 13.8 Å². The Morgan fingerprint density at radius 3 is 2.92 bits per heavy atom. The van der Waals surface area contributed by atoms with Gasteiger partial charge in [0.15, 0.2) is 0 Å². The summed E-state index contributed by atoms with van der Waals surface area (Å²) < 4.78 is 5.73. The van der Waals surface area contributed by atoms with Crippen molar-refractivity contribution in [3.63, 3.8) is 0 Å². The molecule has 1 atom stereocenters. The van der Waals surface area contributed by atoms with Gasteiger partial charge in [0.05, 0.1) is 24.4 Å². The van der Waals surface area contributed by atoms with E-state index in [0.717, 1.165) is 5.56 Å². The molecule has 0 radical (unpaired) electrons. The number of carbonyl (C=O) groups is 1. The third-order valence-corrected chi connectivity index (χ3v) is 5.23. The molecule has 0 bridgehead atoms. The van der Waals surface area contributed by atoms with Gasteiger partial charge in [-0.25, -0.2) is 4.98 Å². The molecule has 1 fully saturated rings. The number of hydrogen-bond acceptors (Lipinski definition) is 5. The summed E-state index contributed by atoms with van der Waals surface area (Å²) in [7, 11) is 0. The monoisotopic (exact) mass is 347 g/mol. The van der Waals surface area contributed by atoms with E-state index in [1.165, 1.54) is 10.9 Å². The lowest BCUT2D eigenvalue weighted by molar-refractivity contribution is -0.0248. The number of hydrogen-bond donors (Lipinski definition) is 1. The van der Waals surface area contributed by atoms with Crippen LogP contribution in [0.1, 0.15) is 52.6 Å². The smallest absolute Gasteiger partial charge is 0.254 e. The van der Waals surface area contributed by atoms with Crippen molar-refractivity contribution < 1.29 is 9.53 Å². The van der Waals surface area contributed by atoms with Crippen molar-refractivity contribution in [2.45, 2.75) is 32.8 Å². The zero-order valence-electron chi connectivity index (χ0n) is 14.0. The van der Waals surface area contributed by atoms with Crippen molar-refractivity contribution in [3.8, 4) is 0 Å². The van der Waals surface area contributed by atoms with Gasteiger partial charge in [-0.2, -0.15) is 0 Å². The zero-order valence-corrected chi connectivity index (χ0v) is 14.9. The number of nitrogens with one attached hydrogen (secondary N) is 1. The van der Waals surface area contributed by atoms with Crippen molar-refractivity contribution in [3.05, 3.63) is 49.8 Å². The molecule has 2 aromatic heterocycles. The molecule has 1 unspecified atom stereocenters. The highest BCUT2D eigenvalue weighted by Gasteiger charge is 2.28. The number of aromatic amines is 1. The maximum atomic E-state index is 12.7. The third kappa shape index (κ3) is 3.57. The summed E-state index contributed by atoms with van der Waals surface area (Å²) in [5.74, 6) is 0.967. The van der Waals surface area contributed by atoms with Crippen LogP contribution in [-0.2, 0) is 4.74 Å². The van der Waals surface area contributed by atoms with Gasteiger partial charge in [0.2, 0.25) is 0 Å². The summed E-state index contributed by atoms with van der Waals surface area (Å²) in [5.41, 5.74) is 1.09. The maximum Gasteiger partial charge on any atom is 0.254 e. The highest BCUT2D eigenvalue weighted by atomic mass is 32.1. The third-order valence-electron chi connectivity index (χ3n) is 4.00. The van der Waals surface area contributed by atoms with Gasteiger partial charge in [-0.05, 0) is 18.9 Å². The number of ether oxygens (including phenoxy) is 1. The number of amides is 1. The average Bonchev–Trinajstić information content (AvgIpc) is 3.03. The zero-order chi connectivity index (χ0) is 17.3. The predicted octanol–water partition coefficient (Wildman–Crippen LogP) is 2.48. The van der Waals surface area contributed by atoms with Gasteiger partial charge in [0, 0.05) is 22.9 Å². The summed E-state index contributed by atoms with van der Waals surface area (Å²) in [6.07, 6.45) is -0.369. The van der Waals surface area contributed by atoms with E-state index in [9.17, 15) is 9.59 Å². The fourth-order valence-electron chi connectivity index (χ4n) is 2.73. The van der Waals surface area contributed by atoms with Crippen molar-refractivity contribution >= 4 is 17.2 Å². The number of aromatic nitrogens is 2. The van der Waals surface area contributed by atoms with Crippen LogP contribution >= 0.6 is 11.3 Å². The first-order valence-corrected chi connectivity index (χ1v) is 8.89. The molecule has 6 nitrogen and oxygen atoms in total. The van der Waals surface area contributed by atoms with E-state index in [-0.39, 0.29) is 17.6 Å². The van der Waals surface area contributed by atoms with E-state index in [4.69, 9.17) is 4.74 Å². The van der Waals surface area contributed by atoms with Gasteiger partial charge in [-0.3, -0.25) is 9.59 Å². The molecule has 2 aromatic rings. The lowest BCUT2D eigenvalue weighted by Gasteiger charge is -2.32. The minimum Gasteiger partial charge on any atom is -0.368 e. The van der Waals surface area contributed by atoms with Gasteiger partial charge >= 0.3 is 0 Å². The predicted molar refractivity (Wildman–Crippen MR) is 92.6 cm³/mol. The number of morpholine rings is 1. The number of carbonyl (C=O) groups excluding carboxylic acids is 1. The molecule has 1 aliphatic heterocycles. The van der Waals surface area contributed by atoms with E-state index < -0.39 is 0 Å². The molecule has 1 amide bonds. The van der Waals surface area contributed by atoms with E-state index in [0.29, 0.717) is 37.1 Å². The SMILES string of the molecule is Cc1nc(C2CN(C(=O)c3csc(C(C)C)c3)CCO2)cc(=O)[nH]1. The summed E-state index contributed by atoms with van der Waals surface area (Å²) in [5, 5.41) is 1.91. The first-order valence-electron chi connectivity index (χ1n) is 8.01. The van der Waals surface area contributed by atoms with Crippen LogP contribution in [0.15, 0.2) is 22.3 Å². The fourth-order valence-corrected chi connectivity index (χ4v) is 3.63. The largest absolute Gasteiger partial charge is 0.368 e. The molecule has 1 saturated heterocycles. The van der Waals surface area contributed by atoms with Crippen molar-refractivity contribution in [2.75, 3.05) is 19.7 Å². The van der Waals surface area contributed by atoms with Gasteiger partial charge in [-0.15, -0.1) is 11.3 Å². The lowest BCUT2D eigenvalue weighted by atomic mass is 10.1. The Kier molecular flexibility index (Phi) is 4.82. The van der Waals surface area contributed by atoms with Gasteiger partial charge < -0.3 is 14.6 Å². The van der Waals surface area contributed by atoms with Crippen LogP contribution in [0.4, 0.5) is 0 Å². The van der Waals surface area contributed by atoms with Crippen LogP contribution in [0.2, 0.25) is 0 Å². The molecule has 1 aliphatic rings. The van der Waals surface area contributed by atoms with E-state index in [1.807, 2.05) is 11.4 Å². The van der Waals surface area contributed by atoms with E-state index in [1.54, 1.807) is 23.2 Å². The van der Waals surface area contributed by atoms with Gasteiger partial charge in [0.25, 0.3) is 11.5 Å². The Hall–Kier alpha value is -1.99. The second kappa shape index (κ2) is 6.86. The Balaban J connectivity index is 1.77. The summed E-state index contributed by atoms with van der Waals surface area (Å²) >= 11 is 1.61. The van der Waals surface area contributed by atoms with Crippen LogP contribution in [0.25, 0.3) is 0 Å². The second-order valence-electron chi connectivity index (χ2n) is 6.26. The van der Waals surface area contributed by atoms with Crippen LogP contribution in [0.3, 0.4) is 0 Å². The number of aryl methyl sites for hydroxylation is 1. The minimum atomic E-state index is -0.369. The van der Waals surface area contributed by atoms with Crippen molar-refractivity contribution in [2.24, 2.45) is 0 Å². The molecule has 1 N–H and O–H groups in total. The highest BCUT2D eigenvalue weighted by molar-refractivity contribution is 7.10. The van der Waals surface area contributed by atoms with Gasteiger partial charge in [0.1, 0.15) is 11.9 Å². The van der Waals surface area contributed by atoms with Crippen LogP contribution < -0.4 is 5.56 Å².